The molecule has 12 nitrogen and oxygen atoms in total. The van der Waals surface area contributed by atoms with Crippen molar-refractivity contribution < 1.29 is 28.1 Å². The third-order valence-corrected chi connectivity index (χ3v) is 6.44. The molecule has 1 aliphatic heterocycles. The molecule has 3 heterocycles. The van der Waals surface area contributed by atoms with Gasteiger partial charge in [-0.15, -0.1) is 0 Å². The number of halogens is 1. The maximum absolute atomic E-state index is 14.9. The third kappa shape index (κ3) is 5.06. The number of anilines is 1. The molecule has 1 fully saturated rings. The summed E-state index contributed by atoms with van der Waals surface area (Å²) in [5.74, 6) is -2.71. The van der Waals surface area contributed by atoms with Crippen molar-refractivity contribution >= 4 is 40.4 Å². The van der Waals surface area contributed by atoms with Gasteiger partial charge in [-0.05, 0) is 24.3 Å². The molecular formula is C26H24FN7O5. The Balaban J connectivity index is 1.31. The zero-order chi connectivity index (χ0) is 27.5. The average molecular weight is 534 g/mol. The van der Waals surface area contributed by atoms with Crippen LogP contribution in [0.15, 0.2) is 53.2 Å². The Hall–Kier alpha value is -5.07. The molecule has 200 valence electrons. The number of fused-ring (bicyclic) bond motifs is 1. The van der Waals surface area contributed by atoms with Crippen LogP contribution in [0.3, 0.4) is 0 Å². The second kappa shape index (κ2) is 10.7. The summed E-state index contributed by atoms with van der Waals surface area (Å²) in [5.41, 5.74) is 0.971. The number of ketones is 1. The Morgan fingerprint density at radius 3 is 2.46 bits per heavy atom. The van der Waals surface area contributed by atoms with E-state index in [1.807, 2.05) is 6.07 Å². The van der Waals surface area contributed by atoms with Crippen LogP contribution in [0.25, 0.3) is 22.3 Å². The second-order valence-electron chi connectivity index (χ2n) is 8.78. The van der Waals surface area contributed by atoms with Crippen LogP contribution >= 0.6 is 0 Å². The quantitative estimate of drug-likeness (QED) is 0.240. The van der Waals surface area contributed by atoms with Crippen LogP contribution in [0.5, 0.6) is 0 Å². The first-order valence-electron chi connectivity index (χ1n) is 12.1. The molecule has 4 aromatic rings. The highest BCUT2D eigenvalue weighted by molar-refractivity contribution is 6.45. The maximum atomic E-state index is 14.9. The number of nitrogens with zero attached hydrogens (tertiary/aromatic N) is 4. The van der Waals surface area contributed by atoms with E-state index in [2.05, 4.69) is 25.8 Å². The van der Waals surface area contributed by atoms with Crippen LogP contribution in [0.1, 0.15) is 20.7 Å². The molecule has 1 aliphatic rings. The number of nitrogens with one attached hydrogen (secondary N) is 3. The first-order valence-corrected chi connectivity index (χ1v) is 12.1. The molecule has 13 heteroatoms. The highest BCUT2D eigenvalue weighted by Crippen LogP contribution is 2.31. The molecule has 39 heavy (non-hydrogen) atoms. The van der Waals surface area contributed by atoms with E-state index in [1.165, 1.54) is 24.2 Å². The van der Waals surface area contributed by atoms with Crippen LogP contribution in [-0.2, 0) is 9.59 Å². The van der Waals surface area contributed by atoms with Gasteiger partial charge in [0.25, 0.3) is 17.6 Å². The van der Waals surface area contributed by atoms with E-state index in [4.69, 9.17) is 4.52 Å². The van der Waals surface area contributed by atoms with Crippen molar-refractivity contribution in [2.75, 3.05) is 45.1 Å². The van der Waals surface area contributed by atoms with Crippen molar-refractivity contribution in [3.63, 3.8) is 0 Å². The Labute approximate surface area is 221 Å². The van der Waals surface area contributed by atoms with Crippen molar-refractivity contribution in [3.05, 3.63) is 65.6 Å². The van der Waals surface area contributed by atoms with Crippen molar-refractivity contribution in [1.82, 2.24) is 30.2 Å². The van der Waals surface area contributed by atoms with Crippen LogP contribution in [0.4, 0.5) is 10.4 Å². The second-order valence-corrected chi connectivity index (χ2v) is 8.78. The van der Waals surface area contributed by atoms with Gasteiger partial charge in [0, 0.05) is 55.9 Å². The van der Waals surface area contributed by atoms with Gasteiger partial charge in [0.1, 0.15) is 5.82 Å². The highest BCUT2D eigenvalue weighted by Gasteiger charge is 2.31. The molecule has 0 radical (unpaired) electrons. The van der Waals surface area contributed by atoms with Crippen molar-refractivity contribution in [3.8, 4) is 11.4 Å². The smallest absolute Gasteiger partial charge is 0.322 e. The van der Waals surface area contributed by atoms with Gasteiger partial charge >= 0.3 is 6.01 Å². The fourth-order valence-electron chi connectivity index (χ4n) is 4.36. The number of amides is 3. The van der Waals surface area contributed by atoms with Crippen molar-refractivity contribution in [1.29, 1.82) is 0 Å². The highest BCUT2D eigenvalue weighted by atomic mass is 19.1. The molecule has 0 atom stereocenters. The largest absolute Gasteiger partial charge is 0.360 e. The number of hydrogen-bond donors (Lipinski definition) is 3. The van der Waals surface area contributed by atoms with Gasteiger partial charge in [0.15, 0.2) is 0 Å². The van der Waals surface area contributed by atoms with E-state index in [1.54, 1.807) is 29.2 Å². The number of H-pyrrole nitrogens is 1. The first kappa shape index (κ1) is 25.6. The van der Waals surface area contributed by atoms with Gasteiger partial charge in [0.05, 0.1) is 17.6 Å². The molecule has 0 saturated carbocycles. The lowest BCUT2D eigenvalue weighted by Crippen LogP contribution is -2.52. The number of Topliss-reactive ketones (excluding diaryl/α,β-unsaturated/α-hetero) is 1. The molecule has 1 saturated heterocycles. The van der Waals surface area contributed by atoms with Gasteiger partial charge in [-0.2, -0.15) is 4.98 Å². The van der Waals surface area contributed by atoms with Crippen molar-refractivity contribution in [2.45, 2.75) is 0 Å². The summed E-state index contributed by atoms with van der Waals surface area (Å²) < 4.78 is 20.0. The monoisotopic (exact) mass is 533 g/mol. The Morgan fingerprint density at radius 1 is 1.03 bits per heavy atom. The number of hydrogen-bond acceptors (Lipinski definition) is 8. The van der Waals surface area contributed by atoms with Crippen LogP contribution in [0.2, 0.25) is 0 Å². The van der Waals surface area contributed by atoms with Crippen LogP contribution in [-0.4, -0.2) is 88.2 Å². The van der Waals surface area contributed by atoms with Gasteiger partial charge < -0.3 is 29.9 Å². The lowest BCUT2D eigenvalue weighted by Gasteiger charge is -2.34. The molecule has 2 aromatic heterocycles. The maximum Gasteiger partial charge on any atom is 0.322 e. The number of carbonyl (C=O) groups excluding carboxylic acids is 4. The Morgan fingerprint density at radius 2 is 1.74 bits per heavy atom. The van der Waals surface area contributed by atoms with Crippen molar-refractivity contribution in [2.24, 2.45) is 0 Å². The summed E-state index contributed by atoms with van der Waals surface area (Å²) in [5, 5.41) is 8.90. The van der Waals surface area contributed by atoms with Gasteiger partial charge in [-0.25, -0.2) is 4.39 Å². The van der Waals surface area contributed by atoms with E-state index in [0.29, 0.717) is 11.1 Å². The minimum absolute atomic E-state index is 0.0194. The van der Waals surface area contributed by atoms with E-state index in [0.717, 1.165) is 6.07 Å². The fraction of sp³-hybridized carbons (Fsp3) is 0.231. The number of piperazine rings is 1. The lowest BCUT2D eigenvalue weighted by atomic mass is 10.0. The standard InChI is InChI=1S/C26H24FN7O5/c1-28-19(35)14-30-26-31-23(32-39-26)16-7-8-18(27)20-17(13-29-21(16)20)22(36)25(38)34-11-9-33(10-12-34)24(37)15-5-3-2-4-6-15/h2-8,13,29H,9-12,14H2,1H3,(H,28,35)(H,30,31,32). The number of carbonyl (C=O) groups is 4. The summed E-state index contributed by atoms with van der Waals surface area (Å²) >= 11 is 0. The predicted octanol–water partition coefficient (Wildman–Crippen LogP) is 1.68. The normalized spacial score (nSPS) is 13.4. The van der Waals surface area contributed by atoms with Gasteiger partial charge in [-0.3, -0.25) is 19.2 Å². The molecule has 0 spiro atoms. The van der Waals surface area contributed by atoms with Crippen LogP contribution in [0, 0.1) is 5.82 Å². The summed E-state index contributed by atoms with van der Waals surface area (Å²) in [6.07, 6.45) is 1.28. The van der Waals surface area contributed by atoms with E-state index < -0.39 is 17.5 Å². The van der Waals surface area contributed by atoms with E-state index in [9.17, 15) is 23.6 Å². The molecule has 2 aromatic carbocycles. The number of aromatic amines is 1. The minimum atomic E-state index is -0.874. The SMILES string of the molecule is CNC(=O)CNc1nc(-c2ccc(F)c3c(C(=O)C(=O)N4CCN(C(=O)c5ccccc5)CC4)c[nH]c23)no1. The van der Waals surface area contributed by atoms with Gasteiger partial charge in [-0.1, -0.05) is 23.4 Å². The molecule has 3 N–H and O–H groups in total. The number of aromatic nitrogens is 3. The van der Waals surface area contributed by atoms with Crippen LogP contribution < -0.4 is 10.6 Å². The molecule has 0 unspecified atom stereocenters. The Bertz CT molecular complexity index is 1560. The zero-order valence-corrected chi connectivity index (χ0v) is 20.9. The van der Waals surface area contributed by atoms with E-state index in [-0.39, 0.29) is 72.8 Å². The van der Waals surface area contributed by atoms with Gasteiger partial charge in [0.2, 0.25) is 11.7 Å². The Kier molecular flexibility index (Phi) is 7.04. The summed E-state index contributed by atoms with van der Waals surface area (Å²) in [6, 6.07) is 11.4. The molecular weight excluding hydrogens is 509 g/mol. The number of likely N-dealkylation sites (N-methyl/N-ethyl adjacent to an activating group) is 1. The number of rotatable bonds is 7. The predicted molar refractivity (Wildman–Crippen MR) is 137 cm³/mol. The summed E-state index contributed by atoms with van der Waals surface area (Å²) in [6.45, 7) is 0.803. The molecule has 0 aliphatic carbocycles. The lowest BCUT2D eigenvalue weighted by molar-refractivity contribution is -0.127. The number of benzene rings is 2. The zero-order valence-electron chi connectivity index (χ0n) is 20.9. The van der Waals surface area contributed by atoms with E-state index >= 15 is 0 Å². The molecule has 0 bridgehead atoms. The topological polar surface area (TPSA) is 154 Å². The molecule has 5 rings (SSSR count). The minimum Gasteiger partial charge on any atom is -0.360 e. The fourth-order valence-corrected chi connectivity index (χ4v) is 4.36. The first-order chi connectivity index (χ1) is 18.9. The summed E-state index contributed by atoms with van der Waals surface area (Å²) in [7, 11) is 1.49. The molecule has 3 amide bonds. The third-order valence-electron chi connectivity index (χ3n) is 6.44. The average Bonchev–Trinajstić information content (AvgIpc) is 3.64. The summed E-state index contributed by atoms with van der Waals surface area (Å²) in [4.78, 5) is 60.4.